The molecule has 8 nitrogen and oxygen atoms in total. The van der Waals surface area contributed by atoms with Gasteiger partial charge in [0.2, 0.25) is 15.9 Å². The molecule has 0 bridgehead atoms. The number of hydrogen-bond donors (Lipinski definition) is 1. The van der Waals surface area contributed by atoms with Crippen molar-refractivity contribution >= 4 is 33.0 Å². The van der Waals surface area contributed by atoms with Gasteiger partial charge in [0, 0.05) is 12.1 Å². The highest BCUT2D eigenvalue weighted by Gasteiger charge is 2.31. The number of carbonyl (C=O) groups excluding carboxylic acids is 1. The van der Waals surface area contributed by atoms with Gasteiger partial charge in [-0.1, -0.05) is 30.7 Å². The van der Waals surface area contributed by atoms with E-state index >= 15 is 0 Å². The summed E-state index contributed by atoms with van der Waals surface area (Å²) < 4.78 is 26.0. The van der Waals surface area contributed by atoms with Gasteiger partial charge in [0.15, 0.2) is 0 Å². The molecule has 1 N–H and O–H groups in total. The summed E-state index contributed by atoms with van der Waals surface area (Å²) in [6.07, 6.45) is 1.27. The average Bonchev–Trinajstić information content (AvgIpc) is 2.61. The Bertz CT molecular complexity index is 987. The van der Waals surface area contributed by atoms with E-state index in [1.807, 2.05) is 6.92 Å². The van der Waals surface area contributed by atoms with Crippen molar-refractivity contribution < 1.29 is 18.1 Å². The topological polar surface area (TPSA) is 110 Å². The van der Waals surface area contributed by atoms with Gasteiger partial charge < -0.3 is 5.32 Å². The molecular weight excluding hydrogens is 382 g/mol. The first kappa shape index (κ1) is 21.4. The zero-order valence-corrected chi connectivity index (χ0v) is 17.0. The molecule has 0 aliphatic heterocycles. The predicted molar refractivity (Wildman–Crippen MR) is 109 cm³/mol. The third-order valence-electron chi connectivity index (χ3n) is 4.31. The Morgan fingerprint density at radius 1 is 1.18 bits per heavy atom. The number of nitrogens with zero attached hydrogens (tertiary/aromatic N) is 2. The van der Waals surface area contributed by atoms with Crippen LogP contribution in [0, 0.1) is 24.0 Å². The van der Waals surface area contributed by atoms with Gasteiger partial charge in [-0.15, -0.1) is 0 Å². The Morgan fingerprint density at radius 3 is 2.29 bits per heavy atom. The van der Waals surface area contributed by atoms with Gasteiger partial charge in [-0.05, 0) is 38.0 Å². The summed E-state index contributed by atoms with van der Waals surface area (Å²) in [6.45, 7) is 5.29. The number of anilines is 2. The van der Waals surface area contributed by atoms with Crippen LogP contribution in [0.15, 0.2) is 42.5 Å². The second kappa shape index (κ2) is 8.39. The number of amides is 1. The minimum atomic E-state index is -3.75. The van der Waals surface area contributed by atoms with Crippen LogP contribution in [0.25, 0.3) is 0 Å². The van der Waals surface area contributed by atoms with Crippen molar-refractivity contribution in [1.29, 1.82) is 0 Å². The highest BCUT2D eigenvalue weighted by molar-refractivity contribution is 7.92. The second-order valence-corrected chi connectivity index (χ2v) is 8.42. The van der Waals surface area contributed by atoms with E-state index in [-0.39, 0.29) is 17.8 Å². The van der Waals surface area contributed by atoms with Gasteiger partial charge >= 0.3 is 0 Å². The number of nitro groups is 1. The van der Waals surface area contributed by atoms with E-state index < -0.39 is 26.9 Å². The Kier molecular flexibility index (Phi) is 6.40. The van der Waals surface area contributed by atoms with Gasteiger partial charge in [0.05, 0.1) is 22.6 Å². The summed E-state index contributed by atoms with van der Waals surface area (Å²) >= 11 is 0. The zero-order chi connectivity index (χ0) is 21.1. The van der Waals surface area contributed by atoms with Crippen molar-refractivity contribution in [3.63, 3.8) is 0 Å². The molecule has 0 aliphatic carbocycles. The van der Waals surface area contributed by atoms with Crippen LogP contribution in [-0.2, 0) is 14.8 Å². The normalized spacial score (nSPS) is 12.3. The first-order chi connectivity index (χ1) is 13.0. The van der Waals surface area contributed by atoms with E-state index in [2.05, 4.69) is 5.32 Å². The number of rotatable bonds is 7. The molecule has 0 saturated carbocycles. The predicted octanol–water partition coefficient (Wildman–Crippen LogP) is 3.39. The summed E-state index contributed by atoms with van der Waals surface area (Å²) in [7, 11) is -3.75. The molecule has 1 atom stereocenters. The number of aryl methyl sites for hydroxylation is 2. The highest BCUT2D eigenvalue weighted by Crippen LogP contribution is 2.26. The summed E-state index contributed by atoms with van der Waals surface area (Å²) in [5.41, 5.74) is 2.09. The molecule has 0 heterocycles. The molecule has 0 spiro atoms. The van der Waals surface area contributed by atoms with E-state index in [0.717, 1.165) is 16.1 Å². The van der Waals surface area contributed by atoms with E-state index in [9.17, 15) is 23.3 Å². The number of nitrogens with one attached hydrogen (secondary N) is 1. The maximum absolute atomic E-state index is 12.9. The molecule has 0 fully saturated rings. The van der Waals surface area contributed by atoms with Crippen LogP contribution >= 0.6 is 0 Å². The lowest BCUT2D eigenvalue weighted by molar-refractivity contribution is -0.384. The minimum absolute atomic E-state index is 0.160. The lowest BCUT2D eigenvalue weighted by Crippen LogP contribution is -2.47. The number of carbonyl (C=O) groups is 1. The molecule has 2 aromatic rings. The number of non-ortho nitro benzene ring substituents is 1. The highest BCUT2D eigenvalue weighted by atomic mass is 32.2. The molecule has 28 heavy (non-hydrogen) atoms. The van der Waals surface area contributed by atoms with E-state index in [0.29, 0.717) is 11.3 Å². The Morgan fingerprint density at radius 2 is 1.79 bits per heavy atom. The maximum Gasteiger partial charge on any atom is 0.271 e. The first-order valence-electron chi connectivity index (χ1n) is 8.66. The van der Waals surface area contributed by atoms with Crippen LogP contribution in [0.3, 0.4) is 0 Å². The van der Waals surface area contributed by atoms with E-state index in [1.54, 1.807) is 38.1 Å². The Labute approximate surface area is 164 Å². The molecule has 0 unspecified atom stereocenters. The number of hydrogen-bond acceptors (Lipinski definition) is 5. The van der Waals surface area contributed by atoms with Crippen LogP contribution in [0.5, 0.6) is 0 Å². The molecule has 0 aliphatic rings. The quantitative estimate of drug-likeness (QED) is 0.561. The molecule has 0 saturated heterocycles. The number of benzene rings is 2. The average molecular weight is 405 g/mol. The van der Waals surface area contributed by atoms with Crippen molar-refractivity contribution in [2.75, 3.05) is 15.9 Å². The fourth-order valence-electron chi connectivity index (χ4n) is 2.83. The summed E-state index contributed by atoms with van der Waals surface area (Å²) in [5.74, 6) is -0.558. The lowest BCUT2D eigenvalue weighted by Gasteiger charge is -2.30. The molecule has 2 aromatic carbocycles. The first-order valence-corrected chi connectivity index (χ1v) is 10.5. The summed E-state index contributed by atoms with van der Waals surface area (Å²) in [6, 6.07) is 9.95. The molecular formula is C19H23N3O5S. The van der Waals surface area contributed by atoms with Gasteiger partial charge in [0.1, 0.15) is 6.04 Å². The van der Waals surface area contributed by atoms with Crippen LogP contribution < -0.4 is 9.62 Å². The zero-order valence-electron chi connectivity index (χ0n) is 16.2. The SMILES string of the molecule is CC[C@H](C(=O)Nc1cc([N+](=O)[O-])ccc1C)N(c1ccc(C)cc1)S(C)(=O)=O. The van der Waals surface area contributed by atoms with Gasteiger partial charge in [-0.2, -0.15) is 0 Å². The monoisotopic (exact) mass is 405 g/mol. The molecule has 2 rings (SSSR count). The van der Waals surface area contributed by atoms with Crippen molar-refractivity contribution in [3.05, 3.63) is 63.7 Å². The van der Waals surface area contributed by atoms with Gasteiger partial charge in [-0.3, -0.25) is 19.2 Å². The Balaban J connectivity index is 2.41. The van der Waals surface area contributed by atoms with Crippen LogP contribution in [0.1, 0.15) is 24.5 Å². The Hall–Kier alpha value is -2.94. The largest absolute Gasteiger partial charge is 0.324 e. The molecule has 150 valence electrons. The summed E-state index contributed by atoms with van der Waals surface area (Å²) in [4.78, 5) is 23.4. The molecule has 1 amide bonds. The number of sulfonamides is 1. The van der Waals surface area contributed by atoms with Crippen LogP contribution in [-0.4, -0.2) is 31.5 Å². The minimum Gasteiger partial charge on any atom is -0.324 e. The van der Waals surface area contributed by atoms with Crippen molar-refractivity contribution in [1.82, 2.24) is 0 Å². The summed E-state index contributed by atoms with van der Waals surface area (Å²) in [5, 5.41) is 13.6. The van der Waals surface area contributed by atoms with E-state index in [4.69, 9.17) is 0 Å². The van der Waals surface area contributed by atoms with Gasteiger partial charge in [-0.25, -0.2) is 8.42 Å². The van der Waals surface area contributed by atoms with Crippen molar-refractivity contribution in [2.24, 2.45) is 0 Å². The fraction of sp³-hybridized carbons (Fsp3) is 0.316. The van der Waals surface area contributed by atoms with Crippen LogP contribution in [0.2, 0.25) is 0 Å². The second-order valence-electron chi connectivity index (χ2n) is 6.56. The number of nitro benzene ring substituents is 1. The van der Waals surface area contributed by atoms with Crippen LogP contribution in [0.4, 0.5) is 17.1 Å². The lowest BCUT2D eigenvalue weighted by atomic mass is 10.1. The molecule has 0 aromatic heterocycles. The van der Waals surface area contributed by atoms with Crippen molar-refractivity contribution in [2.45, 2.75) is 33.2 Å². The molecule has 0 radical (unpaired) electrons. The standard InChI is InChI=1S/C19H23N3O5S/c1-5-18(21(28(4,26)27)15-9-6-13(2)7-10-15)19(23)20-17-12-16(22(24)25)11-8-14(17)3/h6-12,18H,5H2,1-4H3,(H,20,23)/t18-/m1/s1. The van der Waals surface area contributed by atoms with E-state index in [1.165, 1.54) is 18.2 Å². The maximum atomic E-state index is 12.9. The smallest absolute Gasteiger partial charge is 0.271 e. The fourth-order valence-corrected chi connectivity index (χ4v) is 4.04. The van der Waals surface area contributed by atoms with Crippen molar-refractivity contribution in [3.8, 4) is 0 Å². The van der Waals surface area contributed by atoms with Gasteiger partial charge in [0.25, 0.3) is 5.69 Å². The third kappa shape index (κ3) is 4.86. The third-order valence-corrected chi connectivity index (χ3v) is 5.49. The molecule has 9 heteroatoms.